The van der Waals surface area contributed by atoms with Crippen molar-refractivity contribution in [2.45, 2.75) is 12.8 Å². The third kappa shape index (κ3) is 2.69. The number of amides is 1. The van der Waals surface area contributed by atoms with Gasteiger partial charge in [-0.15, -0.1) is 0 Å². The molecule has 0 spiro atoms. The Morgan fingerprint density at radius 1 is 1.43 bits per heavy atom. The van der Waals surface area contributed by atoms with Crippen LogP contribution in [-0.4, -0.2) is 50.1 Å². The molecule has 2 aliphatic heterocycles. The minimum Gasteiger partial charge on any atom is -0.354 e. The van der Waals surface area contributed by atoms with Crippen molar-refractivity contribution in [2.24, 2.45) is 5.92 Å². The number of carbonyl (C=O) groups is 1. The van der Waals surface area contributed by atoms with Crippen LogP contribution < -0.4 is 10.6 Å². The molecule has 2 rings (SSSR count). The van der Waals surface area contributed by atoms with E-state index in [0.29, 0.717) is 6.54 Å². The fourth-order valence-electron chi connectivity index (χ4n) is 2.29. The topological polar surface area (TPSA) is 44.4 Å². The van der Waals surface area contributed by atoms with Crippen LogP contribution in [0.4, 0.5) is 0 Å². The molecule has 0 aromatic heterocycles. The van der Waals surface area contributed by atoms with E-state index in [2.05, 4.69) is 15.5 Å². The molecule has 2 aliphatic rings. The van der Waals surface area contributed by atoms with Crippen LogP contribution >= 0.6 is 0 Å². The van der Waals surface area contributed by atoms with E-state index in [1.54, 1.807) is 0 Å². The van der Waals surface area contributed by atoms with Crippen molar-refractivity contribution >= 4 is 5.91 Å². The highest BCUT2D eigenvalue weighted by Gasteiger charge is 2.20. The van der Waals surface area contributed by atoms with E-state index in [4.69, 9.17) is 0 Å². The van der Waals surface area contributed by atoms with Crippen molar-refractivity contribution in [3.63, 3.8) is 0 Å². The monoisotopic (exact) mass is 197 g/mol. The molecule has 0 radical (unpaired) electrons. The minimum atomic E-state index is 0.181. The van der Waals surface area contributed by atoms with Gasteiger partial charge < -0.3 is 10.6 Å². The second-order valence-electron chi connectivity index (χ2n) is 4.30. The molecule has 14 heavy (non-hydrogen) atoms. The van der Waals surface area contributed by atoms with Gasteiger partial charge >= 0.3 is 0 Å². The zero-order chi connectivity index (χ0) is 9.80. The maximum Gasteiger partial charge on any atom is 0.234 e. The summed E-state index contributed by atoms with van der Waals surface area (Å²) in [6, 6.07) is 0. The predicted molar refractivity (Wildman–Crippen MR) is 55.0 cm³/mol. The van der Waals surface area contributed by atoms with Crippen LogP contribution in [0.3, 0.4) is 0 Å². The summed E-state index contributed by atoms with van der Waals surface area (Å²) in [5.41, 5.74) is 0. The van der Waals surface area contributed by atoms with Gasteiger partial charge in [-0.25, -0.2) is 0 Å². The molecule has 0 aromatic rings. The standard InChI is InChI=1S/C10H19N3O/c14-10-8-13(5-4-12-10)7-9-2-1-3-11-6-9/h9,11H,1-8H2,(H,12,14)/t9-/m1/s1. The average Bonchev–Trinajstić information content (AvgIpc) is 2.19. The van der Waals surface area contributed by atoms with Crippen LogP contribution in [0.1, 0.15) is 12.8 Å². The van der Waals surface area contributed by atoms with Crippen molar-refractivity contribution in [3.05, 3.63) is 0 Å². The summed E-state index contributed by atoms with van der Waals surface area (Å²) in [5.74, 6) is 0.926. The van der Waals surface area contributed by atoms with Gasteiger partial charge in [0.25, 0.3) is 0 Å². The molecule has 4 nitrogen and oxygen atoms in total. The van der Waals surface area contributed by atoms with Crippen LogP contribution in [0.15, 0.2) is 0 Å². The first-order chi connectivity index (χ1) is 6.84. The molecule has 1 atom stereocenters. The summed E-state index contributed by atoms with van der Waals surface area (Å²) >= 11 is 0. The zero-order valence-corrected chi connectivity index (χ0v) is 8.59. The van der Waals surface area contributed by atoms with Crippen molar-refractivity contribution in [1.29, 1.82) is 0 Å². The van der Waals surface area contributed by atoms with Gasteiger partial charge in [0.2, 0.25) is 5.91 Å². The van der Waals surface area contributed by atoms with Gasteiger partial charge in [-0.1, -0.05) is 0 Å². The number of rotatable bonds is 2. The molecule has 4 heteroatoms. The third-order valence-corrected chi connectivity index (χ3v) is 3.03. The lowest BCUT2D eigenvalue weighted by Crippen LogP contribution is -2.50. The van der Waals surface area contributed by atoms with Gasteiger partial charge in [0.15, 0.2) is 0 Å². The Morgan fingerprint density at radius 2 is 2.36 bits per heavy atom. The van der Waals surface area contributed by atoms with Crippen LogP contribution in [-0.2, 0) is 4.79 Å². The Morgan fingerprint density at radius 3 is 3.07 bits per heavy atom. The molecule has 0 unspecified atom stereocenters. The summed E-state index contributed by atoms with van der Waals surface area (Å²) in [7, 11) is 0. The van der Waals surface area contributed by atoms with E-state index in [0.717, 1.165) is 38.6 Å². The SMILES string of the molecule is O=C1CN(C[C@@H]2CCCNC2)CCN1. The van der Waals surface area contributed by atoms with Crippen LogP contribution in [0, 0.1) is 5.92 Å². The summed E-state index contributed by atoms with van der Waals surface area (Å²) < 4.78 is 0. The van der Waals surface area contributed by atoms with Gasteiger partial charge in [0, 0.05) is 19.6 Å². The van der Waals surface area contributed by atoms with E-state index >= 15 is 0 Å². The molecular weight excluding hydrogens is 178 g/mol. The number of piperidine rings is 1. The summed E-state index contributed by atoms with van der Waals surface area (Å²) in [5, 5.41) is 6.26. The van der Waals surface area contributed by atoms with Crippen molar-refractivity contribution in [3.8, 4) is 0 Å². The lowest BCUT2D eigenvalue weighted by molar-refractivity contribution is -0.124. The van der Waals surface area contributed by atoms with Gasteiger partial charge in [-0.05, 0) is 31.8 Å². The van der Waals surface area contributed by atoms with E-state index < -0.39 is 0 Å². The molecule has 2 fully saturated rings. The highest BCUT2D eigenvalue weighted by molar-refractivity contribution is 5.78. The molecule has 1 amide bonds. The quantitative estimate of drug-likeness (QED) is 0.622. The molecule has 2 N–H and O–H groups in total. The van der Waals surface area contributed by atoms with Gasteiger partial charge in [0.1, 0.15) is 0 Å². The Kier molecular flexibility index (Phi) is 3.37. The molecule has 0 aromatic carbocycles. The van der Waals surface area contributed by atoms with E-state index in [9.17, 15) is 4.79 Å². The average molecular weight is 197 g/mol. The third-order valence-electron chi connectivity index (χ3n) is 3.03. The molecule has 2 saturated heterocycles. The predicted octanol–water partition coefficient (Wildman–Crippen LogP) is -0.582. The van der Waals surface area contributed by atoms with Crippen molar-refractivity contribution in [2.75, 3.05) is 39.3 Å². The second-order valence-corrected chi connectivity index (χ2v) is 4.30. The van der Waals surface area contributed by atoms with E-state index in [1.807, 2.05) is 0 Å². The molecule has 2 heterocycles. The van der Waals surface area contributed by atoms with Crippen LogP contribution in [0.25, 0.3) is 0 Å². The Bertz CT molecular complexity index is 202. The first-order valence-corrected chi connectivity index (χ1v) is 5.54. The number of carbonyl (C=O) groups excluding carboxylic acids is 1. The molecule has 0 bridgehead atoms. The Hall–Kier alpha value is -0.610. The second kappa shape index (κ2) is 4.75. The highest BCUT2D eigenvalue weighted by atomic mass is 16.2. The Labute approximate surface area is 85.0 Å². The number of piperazine rings is 1. The lowest BCUT2D eigenvalue weighted by Gasteiger charge is -2.32. The summed E-state index contributed by atoms with van der Waals surface area (Å²) in [6.07, 6.45) is 2.59. The van der Waals surface area contributed by atoms with Crippen molar-refractivity contribution < 1.29 is 4.79 Å². The van der Waals surface area contributed by atoms with Crippen molar-refractivity contribution in [1.82, 2.24) is 15.5 Å². The fourth-order valence-corrected chi connectivity index (χ4v) is 2.29. The molecule has 0 saturated carbocycles. The van der Waals surface area contributed by atoms with Crippen LogP contribution in [0.5, 0.6) is 0 Å². The normalized spacial score (nSPS) is 30.0. The smallest absolute Gasteiger partial charge is 0.234 e. The van der Waals surface area contributed by atoms with Gasteiger partial charge in [0.05, 0.1) is 6.54 Å². The number of hydrogen-bond donors (Lipinski definition) is 2. The molecular formula is C10H19N3O. The van der Waals surface area contributed by atoms with E-state index in [-0.39, 0.29) is 5.91 Å². The van der Waals surface area contributed by atoms with E-state index in [1.165, 1.54) is 12.8 Å². The fraction of sp³-hybridized carbons (Fsp3) is 0.900. The number of hydrogen-bond acceptors (Lipinski definition) is 3. The minimum absolute atomic E-state index is 0.181. The van der Waals surface area contributed by atoms with Gasteiger partial charge in [-0.2, -0.15) is 0 Å². The lowest BCUT2D eigenvalue weighted by atomic mass is 9.99. The van der Waals surface area contributed by atoms with Crippen LogP contribution in [0.2, 0.25) is 0 Å². The first-order valence-electron chi connectivity index (χ1n) is 5.54. The number of nitrogens with one attached hydrogen (secondary N) is 2. The number of nitrogens with zero attached hydrogens (tertiary/aromatic N) is 1. The summed E-state index contributed by atoms with van der Waals surface area (Å²) in [4.78, 5) is 13.4. The van der Waals surface area contributed by atoms with Gasteiger partial charge in [-0.3, -0.25) is 9.69 Å². The highest BCUT2D eigenvalue weighted by Crippen LogP contribution is 2.11. The maximum absolute atomic E-state index is 11.1. The maximum atomic E-state index is 11.1. The Balaban J connectivity index is 1.75. The zero-order valence-electron chi connectivity index (χ0n) is 8.59. The first kappa shape index (κ1) is 9.93. The summed E-state index contributed by atoms with van der Waals surface area (Å²) in [6.45, 7) is 5.80. The largest absolute Gasteiger partial charge is 0.354 e. The molecule has 80 valence electrons. The molecule has 0 aliphatic carbocycles.